The number of nitrogens with one attached hydrogen (secondary N) is 1. The van der Waals surface area contributed by atoms with Gasteiger partial charge in [0.1, 0.15) is 0 Å². The molecule has 7 heteroatoms. The predicted molar refractivity (Wildman–Crippen MR) is 120 cm³/mol. The molecule has 3 aromatic rings. The lowest BCUT2D eigenvalue weighted by Crippen LogP contribution is -2.19. The molecule has 0 radical (unpaired) electrons. The molecule has 30 heavy (non-hydrogen) atoms. The quantitative estimate of drug-likeness (QED) is 0.301. The van der Waals surface area contributed by atoms with E-state index in [-0.39, 0.29) is 4.91 Å². The van der Waals surface area contributed by atoms with E-state index < -0.39 is 11.9 Å². The monoisotopic (exact) mass is 415 g/mol. The van der Waals surface area contributed by atoms with Crippen LogP contribution in [0.1, 0.15) is 5.56 Å². The molecule has 1 amide bonds. The molecule has 4 rings (SSSR count). The van der Waals surface area contributed by atoms with Gasteiger partial charge < -0.3 is 4.74 Å². The van der Waals surface area contributed by atoms with Crippen LogP contribution in [0.3, 0.4) is 0 Å². The van der Waals surface area contributed by atoms with Crippen LogP contribution in [0.2, 0.25) is 0 Å². The Balaban J connectivity index is 1.48. The fraction of sp³-hybridized carbons (Fsp3) is 0.0435. The van der Waals surface area contributed by atoms with Crippen molar-refractivity contribution in [1.82, 2.24) is 5.32 Å². The Hall–Kier alpha value is -3.71. The number of methoxy groups -OCH3 is 1. The Morgan fingerprint density at radius 3 is 2.60 bits per heavy atom. The van der Waals surface area contributed by atoms with E-state index in [4.69, 9.17) is 0 Å². The first kappa shape index (κ1) is 19.6. The van der Waals surface area contributed by atoms with Gasteiger partial charge in [-0.1, -0.05) is 66.7 Å². The molecular weight excluding hydrogens is 398 g/mol. The van der Waals surface area contributed by atoms with Crippen molar-refractivity contribution in [1.29, 1.82) is 0 Å². The van der Waals surface area contributed by atoms with Crippen molar-refractivity contribution in [2.45, 2.75) is 0 Å². The summed E-state index contributed by atoms with van der Waals surface area (Å²) in [6.07, 6.45) is 2.73. The van der Waals surface area contributed by atoms with Gasteiger partial charge in [0.15, 0.2) is 5.17 Å². The maximum atomic E-state index is 11.8. The van der Waals surface area contributed by atoms with Gasteiger partial charge in [0, 0.05) is 6.08 Å². The van der Waals surface area contributed by atoms with Crippen molar-refractivity contribution in [3.63, 3.8) is 0 Å². The second-order valence-electron chi connectivity index (χ2n) is 6.39. The molecule has 0 spiro atoms. The molecule has 0 unspecified atom stereocenters. The van der Waals surface area contributed by atoms with E-state index in [0.717, 1.165) is 29.0 Å². The van der Waals surface area contributed by atoms with Crippen molar-refractivity contribution < 1.29 is 14.3 Å². The van der Waals surface area contributed by atoms with E-state index in [2.05, 4.69) is 50.6 Å². The molecule has 0 bridgehead atoms. The van der Waals surface area contributed by atoms with Gasteiger partial charge in [-0.25, -0.2) is 4.79 Å². The lowest BCUT2D eigenvalue weighted by atomic mass is 9.98. The molecular formula is C23H17N3O3S. The number of carbonyl (C=O) groups excluding carboxylic acids is 2. The molecule has 3 aromatic carbocycles. The van der Waals surface area contributed by atoms with Crippen LogP contribution >= 0.6 is 11.8 Å². The number of nitrogens with zero attached hydrogens (tertiary/aromatic N) is 2. The summed E-state index contributed by atoms with van der Waals surface area (Å²) in [6, 6.07) is 22.6. The highest BCUT2D eigenvalue weighted by Crippen LogP contribution is 2.28. The molecule has 0 saturated carbocycles. The summed E-state index contributed by atoms with van der Waals surface area (Å²) in [5.41, 5.74) is 3.17. The second kappa shape index (κ2) is 8.75. The van der Waals surface area contributed by atoms with Crippen LogP contribution in [0, 0.1) is 0 Å². The van der Waals surface area contributed by atoms with Crippen LogP contribution in [-0.2, 0) is 14.3 Å². The maximum absolute atomic E-state index is 11.8. The third-order valence-corrected chi connectivity index (χ3v) is 5.37. The Morgan fingerprint density at radius 2 is 1.80 bits per heavy atom. The Kier molecular flexibility index (Phi) is 5.72. The Morgan fingerprint density at radius 1 is 1.03 bits per heavy atom. The first-order valence-electron chi connectivity index (χ1n) is 9.12. The van der Waals surface area contributed by atoms with Gasteiger partial charge in [0.2, 0.25) is 0 Å². The van der Waals surface area contributed by atoms with Gasteiger partial charge in [-0.3, -0.25) is 10.1 Å². The highest BCUT2D eigenvalue weighted by molar-refractivity contribution is 8.18. The molecule has 0 aromatic heterocycles. The highest BCUT2D eigenvalue weighted by Gasteiger charge is 2.24. The minimum atomic E-state index is -0.594. The number of ether oxygens (including phenoxy) is 1. The van der Waals surface area contributed by atoms with E-state index in [9.17, 15) is 9.59 Å². The number of thioether (sulfide) groups is 1. The highest BCUT2D eigenvalue weighted by atomic mass is 32.2. The summed E-state index contributed by atoms with van der Waals surface area (Å²) in [5.74, 6) is -0.998. The molecule has 1 N–H and O–H groups in total. The average Bonchev–Trinajstić information content (AvgIpc) is 3.12. The van der Waals surface area contributed by atoms with Crippen molar-refractivity contribution in [2.75, 3.05) is 7.11 Å². The van der Waals surface area contributed by atoms with Gasteiger partial charge in [0.05, 0.1) is 18.2 Å². The molecule has 1 aliphatic heterocycles. The summed E-state index contributed by atoms with van der Waals surface area (Å²) in [4.78, 5) is 23.3. The minimum absolute atomic E-state index is 0.218. The number of rotatable bonds is 4. The second-order valence-corrected chi connectivity index (χ2v) is 7.42. The zero-order valence-corrected chi connectivity index (χ0v) is 16.8. The number of amides is 1. The molecule has 1 saturated heterocycles. The summed E-state index contributed by atoms with van der Waals surface area (Å²) < 4.78 is 4.52. The third kappa shape index (κ3) is 4.31. The van der Waals surface area contributed by atoms with Gasteiger partial charge in [-0.05, 0) is 39.2 Å². The number of amidine groups is 1. The summed E-state index contributed by atoms with van der Waals surface area (Å²) in [7, 11) is 1.25. The van der Waals surface area contributed by atoms with Crippen molar-refractivity contribution in [3.05, 3.63) is 83.3 Å². The summed E-state index contributed by atoms with van der Waals surface area (Å²) in [5, 5.41) is 13.3. The van der Waals surface area contributed by atoms with E-state index in [1.54, 1.807) is 6.21 Å². The standard InChI is InChI=1S/C23H17N3O3S/c1-29-21(27)13-20-22(28)25-23(30-20)26-24-14-15-9-11-17(12-10-15)19-8-4-6-16-5-2-3-7-18(16)19/h2-14H,1H3,(H,25,26,28)/b20-13+,24-14?. The maximum Gasteiger partial charge on any atom is 0.331 e. The van der Waals surface area contributed by atoms with Gasteiger partial charge in [0.25, 0.3) is 5.91 Å². The van der Waals surface area contributed by atoms with Crippen LogP contribution in [-0.4, -0.2) is 30.4 Å². The topological polar surface area (TPSA) is 80.1 Å². The Labute approximate surface area is 177 Å². The van der Waals surface area contributed by atoms with Crippen LogP contribution < -0.4 is 5.32 Å². The fourth-order valence-electron chi connectivity index (χ4n) is 3.01. The number of carbonyl (C=O) groups is 2. The lowest BCUT2D eigenvalue weighted by Gasteiger charge is -2.07. The smallest absolute Gasteiger partial charge is 0.331 e. The number of hydrogen-bond donors (Lipinski definition) is 1. The van der Waals surface area contributed by atoms with Crippen LogP contribution in [0.25, 0.3) is 21.9 Å². The first-order valence-corrected chi connectivity index (χ1v) is 9.94. The van der Waals surface area contributed by atoms with Crippen LogP contribution in [0.15, 0.2) is 87.9 Å². The largest absolute Gasteiger partial charge is 0.466 e. The minimum Gasteiger partial charge on any atom is -0.466 e. The van der Waals surface area contributed by atoms with Gasteiger partial charge >= 0.3 is 5.97 Å². The predicted octanol–water partition coefficient (Wildman–Crippen LogP) is 4.12. The average molecular weight is 415 g/mol. The molecule has 1 heterocycles. The van der Waals surface area contributed by atoms with Crippen molar-refractivity contribution in [2.24, 2.45) is 10.2 Å². The Bertz CT molecular complexity index is 1210. The zero-order valence-electron chi connectivity index (χ0n) is 16.0. The molecule has 148 valence electrons. The number of benzene rings is 3. The zero-order chi connectivity index (χ0) is 20.9. The van der Waals surface area contributed by atoms with Gasteiger partial charge in [-0.2, -0.15) is 5.10 Å². The van der Waals surface area contributed by atoms with E-state index in [1.807, 2.05) is 36.4 Å². The molecule has 0 aliphatic carbocycles. The van der Waals surface area contributed by atoms with Crippen molar-refractivity contribution >= 4 is 45.8 Å². The number of esters is 1. The first-order chi connectivity index (χ1) is 14.6. The van der Waals surface area contributed by atoms with Crippen LogP contribution in [0.4, 0.5) is 0 Å². The normalized spacial score (nSPS) is 16.5. The number of hydrogen-bond acceptors (Lipinski definition) is 6. The molecule has 1 fully saturated rings. The molecule has 6 nitrogen and oxygen atoms in total. The fourth-order valence-corrected chi connectivity index (χ4v) is 3.75. The molecule has 0 atom stereocenters. The van der Waals surface area contributed by atoms with E-state index >= 15 is 0 Å². The SMILES string of the molecule is COC(=O)/C=C1/S/C(=N\N=Cc2ccc(-c3cccc4ccccc34)cc2)NC1=O. The number of fused-ring (bicyclic) bond motifs is 1. The summed E-state index contributed by atoms with van der Waals surface area (Å²) >= 11 is 1.03. The van der Waals surface area contributed by atoms with E-state index in [0.29, 0.717) is 5.17 Å². The lowest BCUT2D eigenvalue weighted by molar-refractivity contribution is -0.135. The summed E-state index contributed by atoms with van der Waals surface area (Å²) in [6.45, 7) is 0. The molecule has 1 aliphatic rings. The van der Waals surface area contributed by atoms with Crippen LogP contribution in [0.5, 0.6) is 0 Å². The van der Waals surface area contributed by atoms with E-state index in [1.165, 1.54) is 23.4 Å². The van der Waals surface area contributed by atoms with Gasteiger partial charge in [-0.15, -0.1) is 5.10 Å². The van der Waals surface area contributed by atoms with Crippen molar-refractivity contribution in [3.8, 4) is 11.1 Å². The third-order valence-electron chi connectivity index (χ3n) is 4.47.